The van der Waals surface area contributed by atoms with E-state index < -0.39 is 6.10 Å². The average molecular weight is 1070 g/mol. The Labute approximate surface area is 477 Å². The minimum absolute atomic E-state index is 0.0872. The van der Waals surface area contributed by atoms with E-state index in [1.54, 1.807) is 0 Å². The first-order valence-electron chi connectivity index (χ1n) is 32.7. The third-order valence-electron chi connectivity index (χ3n) is 14.1. The van der Waals surface area contributed by atoms with Crippen LogP contribution in [-0.4, -0.2) is 37.2 Å². The molecular weight excluding hydrogens is 949 g/mol. The van der Waals surface area contributed by atoms with E-state index in [0.717, 1.165) is 135 Å². The highest BCUT2D eigenvalue weighted by molar-refractivity contribution is 5.71. The summed E-state index contributed by atoms with van der Waals surface area (Å²) < 4.78 is 16.9. The zero-order valence-corrected chi connectivity index (χ0v) is 50.7. The lowest BCUT2D eigenvalue weighted by molar-refractivity contribution is -0.167. The van der Waals surface area contributed by atoms with E-state index >= 15 is 0 Å². The van der Waals surface area contributed by atoms with Crippen LogP contribution in [0.15, 0.2) is 97.2 Å². The van der Waals surface area contributed by atoms with Crippen molar-refractivity contribution in [2.24, 2.45) is 0 Å². The SMILES string of the molecule is CC/C=C\C/C=C\C/C=C\C/C=C\C/C=C\CCCCCCCC(=O)OCC(COC(=O)CCCCCCCCC/C=C\C/C=C\C/C=C\CC)OC(=O)CCCCCCCCCCCCCCCCCCCCCCC. The van der Waals surface area contributed by atoms with Gasteiger partial charge in [-0.05, 0) is 96.3 Å². The molecule has 6 nitrogen and oxygen atoms in total. The van der Waals surface area contributed by atoms with Gasteiger partial charge in [0.2, 0.25) is 0 Å². The summed E-state index contributed by atoms with van der Waals surface area (Å²) in [4.78, 5) is 38.4. The summed E-state index contributed by atoms with van der Waals surface area (Å²) in [6.45, 7) is 6.43. The molecule has 0 rings (SSSR count). The summed E-state index contributed by atoms with van der Waals surface area (Å²) >= 11 is 0. The molecule has 0 aliphatic heterocycles. The van der Waals surface area contributed by atoms with Crippen molar-refractivity contribution in [1.29, 1.82) is 0 Å². The highest BCUT2D eigenvalue weighted by Crippen LogP contribution is 2.17. The summed E-state index contributed by atoms with van der Waals surface area (Å²) in [5.41, 5.74) is 0. The first-order valence-corrected chi connectivity index (χ1v) is 32.7. The minimum atomic E-state index is -0.791. The zero-order valence-electron chi connectivity index (χ0n) is 50.7. The van der Waals surface area contributed by atoms with Gasteiger partial charge in [-0.15, -0.1) is 0 Å². The maximum atomic E-state index is 12.9. The molecule has 0 saturated heterocycles. The van der Waals surface area contributed by atoms with Crippen molar-refractivity contribution in [3.05, 3.63) is 97.2 Å². The number of allylic oxidation sites excluding steroid dienone is 16. The quantitative estimate of drug-likeness (QED) is 0.0261. The van der Waals surface area contributed by atoms with E-state index in [-0.39, 0.29) is 31.1 Å². The van der Waals surface area contributed by atoms with Gasteiger partial charge in [-0.3, -0.25) is 14.4 Å². The lowest BCUT2D eigenvalue weighted by Gasteiger charge is -2.18. The summed E-state index contributed by atoms with van der Waals surface area (Å²) in [5.74, 6) is -0.901. The monoisotopic (exact) mass is 1070 g/mol. The Morgan fingerprint density at radius 2 is 0.506 bits per heavy atom. The van der Waals surface area contributed by atoms with E-state index in [0.29, 0.717) is 19.3 Å². The number of ether oxygens (including phenoxy) is 3. The van der Waals surface area contributed by atoms with Gasteiger partial charge in [0.1, 0.15) is 13.2 Å². The van der Waals surface area contributed by atoms with Crippen LogP contribution in [0.2, 0.25) is 0 Å². The molecule has 1 atom stereocenters. The smallest absolute Gasteiger partial charge is 0.306 e. The van der Waals surface area contributed by atoms with Gasteiger partial charge in [0, 0.05) is 19.3 Å². The fourth-order valence-corrected chi connectivity index (χ4v) is 9.25. The molecule has 0 saturated carbocycles. The van der Waals surface area contributed by atoms with Gasteiger partial charge in [0.05, 0.1) is 0 Å². The highest BCUT2D eigenvalue weighted by atomic mass is 16.6. The third kappa shape index (κ3) is 63.0. The standard InChI is InChI=1S/C71H122O6/c1-4-7-10-13-16-19-22-25-28-31-33-35-37-40-43-46-49-52-55-58-61-64-70(73)76-67-68(66-75-69(72)63-60-57-54-51-48-45-42-39-30-27-24-21-18-15-12-9-6-3)77-71(74)65-62-59-56-53-50-47-44-41-38-36-34-32-29-26-23-20-17-14-11-8-5-2/h7,9-10,12,16,18-19,21,25,27-28,30,33,35,40,43,68H,4-6,8,11,13-15,17,20,22-24,26,29,31-32,34,36-39,41-42,44-67H2,1-3H3/b10-7-,12-9-,19-16-,21-18-,28-25-,30-27-,35-33-,43-40-. The maximum absolute atomic E-state index is 12.9. The molecule has 0 aliphatic carbocycles. The lowest BCUT2D eigenvalue weighted by atomic mass is 10.0. The second-order valence-corrected chi connectivity index (χ2v) is 21.6. The normalized spacial score (nSPS) is 12.7. The maximum Gasteiger partial charge on any atom is 0.306 e. The molecule has 0 spiro atoms. The van der Waals surface area contributed by atoms with Crippen LogP contribution in [0.1, 0.15) is 316 Å². The summed E-state index contributed by atoms with van der Waals surface area (Å²) in [6, 6.07) is 0. The van der Waals surface area contributed by atoms with Gasteiger partial charge < -0.3 is 14.2 Å². The number of hydrogen-bond acceptors (Lipinski definition) is 6. The molecule has 0 amide bonds. The minimum Gasteiger partial charge on any atom is -0.462 e. The number of unbranched alkanes of at least 4 members (excludes halogenated alkanes) is 32. The molecule has 0 bridgehead atoms. The van der Waals surface area contributed by atoms with Gasteiger partial charge in [0.15, 0.2) is 6.10 Å². The molecule has 0 N–H and O–H groups in total. The number of carbonyl (C=O) groups excluding carboxylic acids is 3. The number of esters is 3. The third-order valence-corrected chi connectivity index (χ3v) is 14.1. The lowest BCUT2D eigenvalue weighted by Crippen LogP contribution is -2.30. The topological polar surface area (TPSA) is 78.9 Å². The molecule has 0 heterocycles. The van der Waals surface area contributed by atoms with Crippen molar-refractivity contribution in [3.63, 3.8) is 0 Å². The Morgan fingerprint density at radius 3 is 0.792 bits per heavy atom. The van der Waals surface area contributed by atoms with Crippen LogP contribution in [0.4, 0.5) is 0 Å². The Balaban J connectivity index is 4.41. The number of carbonyl (C=O) groups is 3. The van der Waals surface area contributed by atoms with Crippen molar-refractivity contribution in [1.82, 2.24) is 0 Å². The molecule has 0 radical (unpaired) electrons. The van der Waals surface area contributed by atoms with Crippen molar-refractivity contribution in [2.45, 2.75) is 322 Å². The largest absolute Gasteiger partial charge is 0.462 e. The molecule has 6 heteroatoms. The molecule has 0 aromatic carbocycles. The van der Waals surface area contributed by atoms with Gasteiger partial charge in [-0.2, -0.15) is 0 Å². The fourth-order valence-electron chi connectivity index (χ4n) is 9.25. The van der Waals surface area contributed by atoms with Crippen molar-refractivity contribution >= 4 is 17.9 Å². The Bertz CT molecular complexity index is 1510. The van der Waals surface area contributed by atoms with Gasteiger partial charge >= 0.3 is 17.9 Å². The van der Waals surface area contributed by atoms with Crippen LogP contribution >= 0.6 is 0 Å². The van der Waals surface area contributed by atoms with E-state index in [9.17, 15) is 14.4 Å². The van der Waals surface area contributed by atoms with Crippen LogP contribution in [0, 0.1) is 0 Å². The molecule has 0 fully saturated rings. The predicted molar refractivity (Wildman–Crippen MR) is 334 cm³/mol. The van der Waals surface area contributed by atoms with Gasteiger partial charge in [0.25, 0.3) is 0 Å². The predicted octanol–water partition coefficient (Wildman–Crippen LogP) is 22.4. The Morgan fingerprint density at radius 1 is 0.273 bits per heavy atom. The summed E-state index contributed by atoms with van der Waals surface area (Å²) in [5, 5.41) is 0. The van der Waals surface area contributed by atoms with Crippen molar-refractivity contribution in [2.75, 3.05) is 13.2 Å². The van der Waals surface area contributed by atoms with E-state index in [1.807, 2.05) is 0 Å². The van der Waals surface area contributed by atoms with E-state index in [4.69, 9.17) is 14.2 Å². The van der Waals surface area contributed by atoms with Gasteiger partial charge in [-0.25, -0.2) is 0 Å². The van der Waals surface area contributed by atoms with Crippen LogP contribution in [0.5, 0.6) is 0 Å². The van der Waals surface area contributed by atoms with Crippen LogP contribution < -0.4 is 0 Å². The molecule has 1 unspecified atom stereocenters. The number of hydrogen-bond donors (Lipinski definition) is 0. The molecule has 77 heavy (non-hydrogen) atoms. The number of rotatable bonds is 59. The second-order valence-electron chi connectivity index (χ2n) is 21.6. The van der Waals surface area contributed by atoms with E-state index in [2.05, 4.69) is 118 Å². The summed E-state index contributed by atoms with van der Waals surface area (Å²) in [7, 11) is 0. The van der Waals surface area contributed by atoms with Crippen molar-refractivity contribution in [3.8, 4) is 0 Å². The van der Waals surface area contributed by atoms with Crippen molar-refractivity contribution < 1.29 is 28.6 Å². The second kappa shape index (κ2) is 64.9. The van der Waals surface area contributed by atoms with Crippen LogP contribution in [0.25, 0.3) is 0 Å². The fraction of sp³-hybridized carbons (Fsp3) is 0.732. The first-order chi connectivity index (χ1) is 38.0. The molecule has 0 aliphatic rings. The van der Waals surface area contributed by atoms with E-state index in [1.165, 1.54) is 141 Å². The molecular formula is C71H122O6. The average Bonchev–Trinajstić information content (AvgIpc) is 3.43. The zero-order chi connectivity index (χ0) is 55.7. The molecule has 0 aromatic heterocycles. The Kier molecular flexibility index (Phi) is 61.8. The first kappa shape index (κ1) is 73.3. The summed E-state index contributed by atoms with van der Waals surface area (Å²) in [6.07, 6.45) is 87.0. The van der Waals surface area contributed by atoms with Crippen LogP contribution in [0.3, 0.4) is 0 Å². The molecule has 442 valence electrons. The highest BCUT2D eigenvalue weighted by Gasteiger charge is 2.19. The Hall–Kier alpha value is -3.67. The van der Waals surface area contributed by atoms with Crippen LogP contribution in [-0.2, 0) is 28.6 Å². The van der Waals surface area contributed by atoms with Gasteiger partial charge in [-0.1, -0.05) is 298 Å². The molecule has 0 aromatic rings.